The molecule has 4 aromatic rings. The van der Waals surface area contributed by atoms with Gasteiger partial charge >= 0.3 is 0 Å². The third-order valence-electron chi connectivity index (χ3n) is 10.4. The van der Waals surface area contributed by atoms with Crippen LogP contribution in [0.15, 0.2) is 67.0 Å². The van der Waals surface area contributed by atoms with E-state index in [1.807, 2.05) is 4.90 Å². The minimum absolute atomic E-state index is 0.00617. The van der Waals surface area contributed by atoms with Crippen molar-refractivity contribution in [3.8, 4) is 0 Å². The van der Waals surface area contributed by atoms with Crippen LogP contribution in [0.2, 0.25) is 10.0 Å². The van der Waals surface area contributed by atoms with E-state index in [1.165, 1.54) is 49.2 Å². The number of carbonyl (C=O) groups is 1. The Morgan fingerprint density at radius 3 is 2.26 bits per heavy atom. The predicted molar refractivity (Wildman–Crippen MR) is 170 cm³/mol. The summed E-state index contributed by atoms with van der Waals surface area (Å²) < 4.78 is 3.03. The molecule has 7 nitrogen and oxygen atoms in total. The molecule has 43 heavy (non-hydrogen) atoms. The number of para-hydroxylation sites is 2. The molecule has 3 atom stereocenters. The standard InChI is InChI=1S/C34H37Cl2N5O2/c1-23-37-30-9-5-6-10-31(30)41(23)27-19-25-11-12-26(20-27)40(25)18-15-34(24-7-3-2-4-8-24)13-16-38(17-14-34)33(42)32-28(35)21-39(43)22-29(32)36/h2-10,21-22,25-27H,11-20H2,1H3/t25-,26+,27?. The number of pyridine rings is 1. The number of piperidine rings is 2. The maximum absolute atomic E-state index is 13.5. The molecule has 224 valence electrons. The molecule has 0 spiro atoms. The summed E-state index contributed by atoms with van der Waals surface area (Å²) in [6, 6.07) is 21.0. The molecule has 3 fully saturated rings. The van der Waals surface area contributed by atoms with Gasteiger partial charge in [0, 0.05) is 31.2 Å². The second-order valence-corrected chi connectivity index (χ2v) is 13.5. The van der Waals surface area contributed by atoms with Gasteiger partial charge in [0.1, 0.15) is 15.9 Å². The predicted octanol–water partition coefficient (Wildman–Crippen LogP) is 6.72. The van der Waals surface area contributed by atoms with Crippen molar-refractivity contribution < 1.29 is 9.52 Å². The van der Waals surface area contributed by atoms with Crippen LogP contribution in [0.5, 0.6) is 0 Å². The number of amides is 1. The highest BCUT2D eigenvalue weighted by Gasteiger charge is 2.44. The largest absolute Gasteiger partial charge is 0.619 e. The average molecular weight is 619 g/mol. The van der Waals surface area contributed by atoms with Gasteiger partial charge in [-0.05, 0) is 81.5 Å². The van der Waals surface area contributed by atoms with Gasteiger partial charge in [-0.25, -0.2) is 4.98 Å². The van der Waals surface area contributed by atoms with Crippen LogP contribution in [-0.4, -0.2) is 57.0 Å². The molecule has 3 aliphatic rings. The van der Waals surface area contributed by atoms with Crippen molar-refractivity contribution in [3.05, 3.63) is 99.2 Å². The van der Waals surface area contributed by atoms with Gasteiger partial charge in [0.25, 0.3) is 5.91 Å². The lowest BCUT2D eigenvalue weighted by atomic mass is 9.70. The average Bonchev–Trinajstić information content (AvgIpc) is 3.46. The summed E-state index contributed by atoms with van der Waals surface area (Å²) in [5, 5.41) is 11.9. The number of likely N-dealkylation sites (tertiary alicyclic amines) is 1. The normalized spacial score (nSPS) is 23.6. The number of hydrogen-bond acceptors (Lipinski definition) is 4. The first-order chi connectivity index (χ1) is 20.8. The van der Waals surface area contributed by atoms with Crippen molar-refractivity contribution in [1.82, 2.24) is 19.4 Å². The van der Waals surface area contributed by atoms with Crippen LogP contribution in [0, 0.1) is 12.1 Å². The first-order valence-corrected chi connectivity index (χ1v) is 16.2. The Morgan fingerprint density at radius 1 is 0.953 bits per heavy atom. The van der Waals surface area contributed by atoms with Gasteiger partial charge in [-0.15, -0.1) is 0 Å². The lowest BCUT2D eigenvalue weighted by Gasteiger charge is -2.45. The third-order valence-corrected chi connectivity index (χ3v) is 11.0. The number of rotatable bonds is 6. The summed E-state index contributed by atoms with van der Waals surface area (Å²) in [5.41, 5.74) is 3.91. The van der Waals surface area contributed by atoms with Crippen molar-refractivity contribution in [2.75, 3.05) is 19.6 Å². The van der Waals surface area contributed by atoms with Gasteiger partial charge in [-0.3, -0.25) is 9.69 Å². The molecule has 0 saturated carbocycles. The molecule has 3 saturated heterocycles. The molecule has 1 unspecified atom stereocenters. The number of benzene rings is 2. The summed E-state index contributed by atoms with van der Waals surface area (Å²) in [4.78, 5) is 23.0. The monoisotopic (exact) mass is 617 g/mol. The molecule has 5 heterocycles. The number of halogens is 2. The highest BCUT2D eigenvalue weighted by molar-refractivity contribution is 6.39. The van der Waals surface area contributed by atoms with E-state index in [4.69, 9.17) is 28.2 Å². The van der Waals surface area contributed by atoms with Gasteiger partial charge in [0.2, 0.25) is 0 Å². The first-order valence-electron chi connectivity index (χ1n) is 15.4. The van der Waals surface area contributed by atoms with Crippen LogP contribution >= 0.6 is 23.2 Å². The number of carbonyl (C=O) groups excluding carboxylic acids is 1. The Labute approximate surface area is 262 Å². The second-order valence-electron chi connectivity index (χ2n) is 12.6. The maximum atomic E-state index is 13.5. The summed E-state index contributed by atoms with van der Waals surface area (Å²) in [6.07, 6.45) is 10.0. The van der Waals surface area contributed by atoms with E-state index >= 15 is 0 Å². The summed E-state index contributed by atoms with van der Waals surface area (Å²) in [6.45, 7) is 4.45. The minimum atomic E-state index is -0.209. The number of fused-ring (bicyclic) bond motifs is 3. The van der Waals surface area contributed by atoms with Crippen LogP contribution in [-0.2, 0) is 5.41 Å². The van der Waals surface area contributed by atoms with E-state index < -0.39 is 0 Å². The van der Waals surface area contributed by atoms with E-state index in [-0.39, 0.29) is 26.9 Å². The zero-order valence-electron chi connectivity index (χ0n) is 24.5. The Morgan fingerprint density at radius 2 is 1.58 bits per heavy atom. The molecule has 7 rings (SSSR count). The minimum Gasteiger partial charge on any atom is -0.619 e. The quantitative estimate of drug-likeness (QED) is 0.178. The molecule has 2 aromatic carbocycles. The molecule has 0 N–H and O–H groups in total. The van der Waals surface area contributed by atoms with Crippen molar-refractivity contribution >= 4 is 40.1 Å². The Kier molecular flexibility index (Phi) is 7.60. The zero-order chi connectivity index (χ0) is 29.7. The molecular weight excluding hydrogens is 581 g/mol. The summed E-state index contributed by atoms with van der Waals surface area (Å²) in [5.74, 6) is 0.911. The van der Waals surface area contributed by atoms with Crippen LogP contribution < -0.4 is 4.73 Å². The number of hydrogen-bond donors (Lipinski definition) is 0. The fourth-order valence-corrected chi connectivity index (χ4v) is 8.88. The molecular formula is C34H37Cl2N5O2. The summed E-state index contributed by atoms with van der Waals surface area (Å²) in [7, 11) is 0. The topological polar surface area (TPSA) is 68.3 Å². The van der Waals surface area contributed by atoms with Crippen LogP contribution in [0.25, 0.3) is 11.0 Å². The lowest BCUT2D eigenvalue weighted by molar-refractivity contribution is -0.605. The number of nitrogens with zero attached hydrogens (tertiary/aromatic N) is 5. The maximum Gasteiger partial charge on any atom is 0.257 e. The van der Waals surface area contributed by atoms with Crippen LogP contribution in [0.3, 0.4) is 0 Å². The molecule has 9 heteroatoms. The number of imidazole rings is 1. The molecule has 2 bridgehead atoms. The van der Waals surface area contributed by atoms with E-state index in [9.17, 15) is 10.0 Å². The van der Waals surface area contributed by atoms with Crippen molar-refractivity contribution in [3.63, 3.8) is 0 Å². The van der Waals surface area contributed by atoms with Crippen LogP contribution in [0.4, 0.5) is 0 Å². The van der Waals surface area contributed by atoms with E-state index in [2.05, 4.69) is 71.0 Å². The zero-order valence-corrected chi connectivity index (χ0v) is 26.0. The van der Waals surface area contributed by atoms with Crippen molar-refractivity contribution in [2.24, 2.45) is 0 Å². The molecule has 0 aliphatic carbocycles. The third kappa shape index (κ3) is 5.19. The fourth-order valence-electron chi connectivity index (χ4n) is 8.27. The Bertz CT molecular complexity index is 1610. The van der Waals surface area contributed by atoms with Crippen molar-refractivity contribution in [1.29, 1.82) is 0 Å². The first kappa shape index (κ1) is 28.6. The van der Waals surface area contributed by atoms with E-state index in [0.717, 1.165) is 37.1 Å². The van der Waals surface area contributed by atoms with Crippen molar-refractivity contribution in [2.45, 2.75) is 75.4 Å². The highest BCUT2D eigenvalue weighted by Crippen LogP contribution is 2.45. The van der Waals surface area contributed by atoms with Gasteiger partial charge in [0.15, 0.2) is 12.4 Å². The smallest absolute Gasteiger partial charge is 0.257 e. The SMILES string of the molecule is Cc1nc2ccccc2n1C1C[C@H]2CC[C@@H](C1)N2CCC1(c2ccccc2)CCN(C(=O)c2c(Cl)c[n+]([O-])cc2Cl)CC1. The number of aromatic nitrogens is 3. The summed E-state index contributed by atoms with van der Waals surface area (Å²) >= 11 is 12.6. The Balaban J connectivity index is 1.07. The van der Waals surface area contributed by atoms with E-state index in [1.54, 1.807) is 0 Å². The number of aryl methyl sites for hydroxylation is 1. The van der Waals surface area contributed by atoms with E-state index in [0.29, 0.717) is 35.9 Å². The second kappa shape index (κ2) is 11.4. The fraction of sp³-hybridized carbons (Fsp3) is 0.441. The Hall–Kier alpha value is -3.13. The van der Waals surface area contributed by atoms with Gasteiger partial charge in [-0.2, -0.15) is 4.73 Å². The van der Waals surface area contributed by atoms with Gasteiger partial charge in [-0.1, -0.05) is 65.7 Å². The highest BCUT2D eigenvalue weighted by atomic mass is 35.5. The molecule has 3 aliphatic heterocycles. The van der Waals surface area contributed by atoms with Crippen LogP contribution in [0.1, 0.15) is 72.7 Å². The lowest BCUT2D eigenvalue weighted by Crippen LogP contribution is -2.49. The molecule has 2 aromatic heterocycles. The molecule has 1 amide bonds. The molecule has 0 radical (unpaired) electrons. The van der Waals surface area contributed by atoms with Gasteiger partial charge < -0.3 is 14.7 Å². The van der Waals surface area contributed by atoms with Gasteiger partial charge in [0.05, 0.1) is 16.6 Å².